The van der Waals surface area contributed by atoms with E-state index in [4.69, 9.17) is 4.42 Å². The van der Waals surface area contributed by atoms with Crippen molar-refractivity contribution in [1.82, 2.24) is 0 Å². The molecule has 0 aromatic carbocycles. The summed E-state index contributed by atoms with van der Waals surface area (Å²) in [5.74, 6) is 1.94. The predicted molar refractivity (Wildman–Crippen MR) is 75.7 cm³/mol. The number of thiophene rings is 1. The monoisotopic (exact) mass is 362 g/mol. The van der Waals surface area contributed by atoms with Gasteiger partial charge in [-0.2, -0.15) is 0 Å². The second-order valence-corrected chi connectivity index (χ2v) is 6.86. The van der Waals surface area contributed by atoms with Crippen molar-refractivity contribution in [3.05, 3.63) is 43.4 Å². The number of furan rings is 1. The number of hydrogen-bond acceptors (Lipinski definition) is 2. The van der Waals surface area contributed by atoms with E-state index in [2.05, 4.69) is 50.9 Å². The molecule has 0 N–H and O–H groups in total. The smallest absolute Gasteiger partial charge is 0.105 e. The van der Waals surface area contributed by atoms with E-state index in [-0.39, 0.29) is 4.83 Å². The summed E-state index contributed by atoms with van der Waals surface area (Å²) < 4.78 is 6.73. The molecule has 0 aliphatic carbocycles. The quantitative estimate of drug-likeness (QED) is 0.641. The highest BCUT2D eigenvalue weighted by Gasteiger charge is 2.20. The molecule has 0 aliphatic rings. The van der Waals surface area contributed by atoms with E-state index in [0.29, 0.717) is 0 Å². The van der Waals surface area contributed by atoms with E-state index in [0.717, 1.165) is 16.0 Å². The summed E-state index contributed by atoms with van der Waals surface area (Å²) in [7, 11) is 0. The minimum absolute atomic E-state index is 0.207. The van der Waals surface area contributed by atoms with Crippen molar-refractivity contribution in [2.45, 2.75) is 25.6 Å². The third-order valence-electron chi connectivity index (χ3n) is 2.42. The molecular formula is C12H12Br2OS. The van der Waals surface area contributed by atoms with Crippen LogP contribution in [0.2, 0.25) is 0 Å². The molecule has 1 atom stereocenters. The first-order valence-electron chi connectivity index (χ1n) is 4.96. The maximum atomic E-state index is 5.56. The van der Waals surface area contributed by atoms with Gasteiger partial charge in [0.05, 0.1) is 4.83 Å². The lowest BCUT2D eigenvalue weighted by Crippen LogP contribution is -1.90. The summed E-state index contributed by atoms with van der Waals surface area (Å²) in [5.41, 5.74) is 1.21. The fourth-order valence-electron chi connectivity index (χ4n) is 1.72. The standard InChI is InChI=1S/C12H12Br2OS/c1-6-4-9(8(3)15-6)11(14)12-10(13)5-7(2)16-12/h4-5,11H,1-3H3. The fraction of sp³-hybridized carbons (Fsp3) is 0.333. The molecule has 2 rings (SSSR count). The van der Waals surface area contributed by atoms with Crippen molar-refractivity contribution >= 4 is 43.2 Å². The Morgan fingerprint density at radius 2 is 1.94 bits per heavy atom. The summed E-state index contributed by atoms with van der Waals surface area (Å²) in [6, 6.07) is 4.24. The molecule has 86 valence electrons. The van der Waals surface area contributed by atoms with Crippen LogP contribution in [-0.4, -0.2) is 0 Å². The predicted octanol–water partition coefficient (Wildman–Crippen LogP) is 5.51. The average Bonchev–Trinajstić information content (AvgIpc) is 2.68. The number of halogens is 2. The highest BCUT2D eigenvalue weighted by molar-refractivity contribution is 9.11. The van der Waals surface area contributed by atoms with Gasteiger partial charge in [0.2, 0.25) is 0 Å². The normalized spacial score (nSPS) is 13.1. The van der Waals surface area contributed by atoms with E-state index in [9.17, 15) is 0 Å². The molecule has 0 aliphatic heterocycles. The van der Waals surface area contributed by atoms with E-state index in [1.807, 2.05) is 13.8 Å². The lowest BCUT2D eigenvalue weighted by molar-refractivity contribution is 0.502. The second-order valence-electron chi connectivity index (χ2n) is 3.80. The largest absolute Gasteiger partial charge is 0.466 e. The van der Waals surface area contributed by atoms with E-state index in [1.165, 1.54) is 15.3 Å². The van der Waals surface area contributed by atoms with Crippen LogP contribution in [0.1, 0.15) is 31.7 Å². The highest BCUT2D eigenvalue weighted by atomic mass is 79.9. The number of alkyl halides is 1. The van der Waals surface area contributed by atoms with Gasteiger partial charge in [0.25, 0.3) is 0 Å². The van der Waals surface area contributed by atoms with Crippen molar-refractivity contribution in [3.63, 3.8) is 0 Å². The first-order valence-corrected chi connectivity index (χ1v) is 7.48. The molecular weight excluding hydrogens is 352 g/mol. The Hall–Kier alpha value is -0.0600. The lowest BCUT2D eigenvalue weighted by atomic mass is 10.1. The maximum Gasteiger partial charge on any atom is 0.105 e. The fourth-order valence-corrected chi connectivity index (χ4v) is 4.88. The summed E-state index contributed by atoms with van der Waals surface area (Å²) in [5, 5.41) is 0. The Bertz CT molecular complexity index is 467. The zero-order valence-corrected chi connectivity index (χ0v) is 13.3. The van der Waals surface area contributed by atoms with Gasteiger partial charge in [-0.25, -0.2) is 0 Å². The van der Waals surface area contributed by atoms with Crippen LogP contribution in [-0.2, 0) is 0 Å². The first kappa shape index (κ1) is 12.4. The Balaban J connectivity index is 2.42. The molecule has 1 unspecified atom stereocenters. The van der Waals surface area contributed by atoms with Crippen molar-refractivity contribution in [2.75, 3.05) is 0 Å². The van der Waals surface area contributed by atoms with Crippen molar-refractivity contribution in [3.8, 4) is 0 Å². The summed E-state index contributed by atoms with van der Waals surface area (Å²) in [4.78, 5) is 2.81. The Morgan fingerprint density at radius 3 is 2.38 bits per heavy atom. The minimum atomic E-state index is 0.207. The number of aryl methyl sites for hydroxylation is 3. The highest BCUT2D eigenvalue weighted by Crippen LogP contribution is 2.42. The molecule has 0 radical (unpaired) electrons. The van der Waals surface area contributed by atoms with Gasteiger partial charge >= 0.3 is 0 Å². The number of rotatable bonds is 2. The molecule has 2 aromatic rings. The zero-order chi connectivity index (χ0) is 11.9. The lowest BCUT2D eigenvalue weighted by Gasteiger charge is -2.07. The molecule has 0 saturated heterocycles. The topological polar surface area (TPSA) is 13.1 Å². The molecule has 1 nitrogen and oxygen atoms in total. The molecule has 16 heavy (non-hydrogen) atoms. The first-order chi connectivity index (χ1) is 7.49. The zero-order valence-electron chi connectivity index (χ0n) is 9.30. The van der Waals surface area contributed by atoms with E-state index in [1.54, 1.807) is 11.3 Å². The van der Waals surface area contributed by atoms with E-state index >= 15 is 0 Å². The molecule has 0 amide bonds. The van der Waals surface area contributed by atoms with Crippen LogP contribution in [0.25, 0.3) is 0 Å². The van der Waals surface area contributed by atoms with Crippen molar-refractivity contribution < 1.29 is 4.42 Å². The third-order valence-corrected chi connectivity index (χ3v) is 5.71. The number of hydrogen-bond donors (Lipinski definition) is 0. The van der Waals surface area contributed by atoms with Crippen molar-refractivity contribution in [1.29, 1.82) is 0 Å². The third kappa shape index (κ3) is 2.29. The summed E-state index contributed by atoms with van der Waals surface area (Å²) in [6.45, 7) is 6.10. The molecule has 4 heteroatoms. The molecule has 0 spiro atoms. The summed E-state index contributed by atoms with van der Waals surface area (Å²) >= 11 is 9.14. The van der Waals surface area contributed by atoms with Crippen LogP contribution in [0.15, 0.2) is 21.0 Å². The van der Waals surface area contributed by atoms with Crippen LogP contribution in [0.3, 0.4) is 0 Å². The Morgan fingerprint density at radius 1 is 1.25 bits per heavy atom. The van der Waals surface area contributed by atoms with Crippen LogP contribution >= 0.6 is 43.2 Å². The summed E-state index contributed by atoms with van der Waals surface area (Å²) in [6.07, 6.45) is 0. The van der Waals surface area contributed by atoms with Gasteiger partial charge in [0.15, 0.2) is 0 Å². The SMILES string of the molecule is Cc1cc(C(Br)c2sc(C)cc2Br)c(C)o1. The molecule has 0 fully saturated rings. The molecule has 2 aromatic heterocycles. The van der Waals surface area contributed by atoms with Gasteiger partial charge in [-0.3, -0.25) is 0 Å². The van der Waals surface area contributed by atoms with Crippen LogP contribution < -0.4 is 0 Å². The Kier molecular flexibility index (Phi) is 3.62. The van der Waals surface area contributed by atoms with Gasteiger partial charge in [-0.1, -0.05) is 15.9 Å². The van der Waals surface area contributed by atoms with Crippen LogP contribution in [0.4, 0.5) is 0 Å². The van der Waals surface area contributed by atoms with Crippen LogP contribution in [0.5, 0.6) is 0 Å². The average molecular weight is 364 g/mol. The van der Waals surface area contributed by atoms with Gasteiger partial charge in [-0.15, -0.1) is 11.3 Å². The molecule has 2 heterocycles. The second kappa shape index (κ2) is 4.67. The van der Waals surface area contributed by atoms with Gasteiger partial charge in [0.1, 0.15) is 11.5 Å². The Labute approximate surface area is 116 Å². The van der Waals surface area contributed by atoms with Crippen molar-refractivity contribution in [2.24, 2.45) is 0 Å². The van der Waals surface area contributed by atoms with Gasteiger partial charge < -0.3 is 4.42 Å². The molecule has 0 bridgehead atoms. The molecule has 0 saturated carbocycles. The van der Waals surface area contributed by atoms with Gasteiger partial charge in [-0.05, 0) is 48.8 Å². The minimum Gasteiger partial charge on any atom is -0.466 e. The van der Waals surface area contributed by atoms with Crippen LogP contribution in [0, 0.1) is 20.8 Å². The van der Waals surface area contributed by atoms with E-state index < -0.39 is 0 Å². The van der Waals surface area contributed by atoms with Gasteiger partial charge in [0, 0.05) is 19.8 Å². The maximum absolute atomic E-state index is 5.56.